The van der Waals surface area contributed by atoms with Crippen molar-refractivity contribution in [1.82, 2.24) is 30.0 Å². The van der Waals surface area contributed by atoms with Crippen LogP contribution in [0.4, 0.5) is 11.5 Å². The van der Waals surface area contributed by atoms with Gasteiger partial charge >= 0.3 is 0 Å². The molecule has 4 aromatic rings. The molecule has 46 heavy (non-hydrogen) atoms. The minimum absolute atomic E-state index is 0.0160. The summed E-state index contributed by atoms with van der Waals surface area (Å²) in [5.41, 5.74) is 3.91. The molecule has 2 aromatic carbocycles. The Kier molecular flexibility index (Phi) is 7.93. The lowest BCUT2D eigenvalue weighted by molar-refractivity contribution is -0.384. The van der Waals surface area contributed by atoms with Gasteiger partial charge in [0, 0.05) is 56.3 Å². The van der Waals surface area contributed by atoms with E-state index >= 15 is 0 Å². The smallest absolute Gasteiger partial charge is 0.269 e. The normalized spacial score (nSPS) is 21.3. The van der Waals surface area contributed by atoms with Gasteiger partial charge in [0.15, 0.2) is 17.1 Å². The second-order valence-electron chi connectivity index (χ2n) is 12.4. The van der Waals surface area contributed by atoms with Gasteiger partial charge in [-0.1, -0.05) is 12.1 Å². The summed E-state index contributed by atoms with van der Waals surface area (Å²) in [5.74, 6) is 2.56. The van der Waals surface area contributed by atoms with Crippen LogP contribution in [-0.4, -0.2) is 82.4 Å². The molecule has 240 valence electrons. The van der Waals surface area contributed by atoms with Crippen LogP contribution in [-0.2, 0) is 23.3 Å². The molecule has 0 radical (unpaired) electrons. The van der Waals surface area contributed by atoms with Crippen LogP contribution < -0.4 is 19.7 Å². The molecule has 1 amide bonds. The number of nitro groups is 1. The Labute approximate surface area is 266 Å². The summed E-state index contributed by atoms with van der Waals surface area (Å²) in [5, 5.41) is 20.4. The number of rotatable bonds is 7. The number of carbonyl (C=O) groups excluding carboxylic acids is 1. The van der Waals surface area contributed by atoms with E-state index in [0.717, 1.165) is 66.9 Å². The van der Waals surface area contributed by atoms with E-state index in [0.29, 0.717) is 38.4 Å². The number of ether oxygens (including phenoxy) is 2. The van der Waals surface area contributed by atoms with E-state index < -0.39 is 4.92 Å². The first-order chi connectivity index (χ1) is 22.4. The molecule has 1 saturated carbocycles. The quantitative estimate of drug-likeness (QED) is 0.239. The zero-order valence-electron chi connectivity index (χ0n) is 26.1. The Morgan fingerprint density at radius 2 is 1.83 bits per heavy atom. The van der Waals surface area contributed by atoms with Crippen LogP contribution in [0.1, 0.15) is 42.4 Å². The summed E-state index contributed by atoms with van der Waals surface area (Å²) in [6.45, 7) is 3.86. The summed E-state index contributed by atoms with van der Waals surface area (Å²) in [7, 11) is 3.34. The Bertz CT molecular complexity index is 1780. The number of amides is 1. The van der Waals surface area contributed by atoms with Crippen molar-refractivity contribution in [2.75, 3.05) is 51.8 Å². The molecule has 7 rings (SSSR count). The maximum Gasteiger partial charge on any atom is 0.269 e. The number of nitro benzene ring substituents is 1. The van der Waals surface area contributed by atoms with E-state index in [1.54, 1.807) is 37.2 Å². The number of benzene rings is 2. The van der Waals surface area contributed by atoms with E-state index in [1.165, 1.54) is 23.5 Å². The highest BCUT2D eigenvalue weighted by Gasteiger charge is 2.43. The van der Waals surface area contributed by atoms with Crippen LogP contribution >= 0.6 is 0 Å². The fourth-order valence-corrected chi connectivity index (χ4v) is 7.50. The number of nitrogens with one attached hydrogen (secondary N) is 1. The zero-order chi connectivity index (χ0) is 31.8. The van der Waals surface area contributed by atoms with E-state index in [1.807, 2.05) is 11.0 Å². The first-order valence-corrected chi connectivity index (χ1v) is 15.8. The average Bonchev–Trinajstić information content (AvgIpc) is 3.50. The molecule has 4 heterocycles. The summed E-state index contributed by atoms with van der Waals surface area (Å²) >= 11 is 0. The Balaban J connectivity index is 0.993. The van der Waals surface area contributed by atoms with Gasteiger partial charge in [-0.15, -0.1) is 0 Å². The number of aromatic nitrogens is 4. The van der Waals surface area contributed by atoms with E-state index in [9.17, 15) is 14.9 Å². The van der Waals surface area contributed by atoms with Gasteiger partial charge in [-0.3, -0.25) is 14.9 Å². The summed E-state index contributed by atoms with van der Waals surface area (Å²) in [6, 6.07) is 10.8. The van der Waals surface area contributed by atoms with Crippen LogP contribution in [0, 0.1) is 16.0 Å². The number of anilines is 1. The Hall–Kier alpha value is -4.78. The molecular formula is C33H38N8O5. The number of hydrogen-bond acceptors (Lipinski definition) is 10. The second kappa shape index (κ2) is 12.2. The third-order valence-corrected chi connectivity index (χ3v) is 9.93. The molecule has 13 heteroatoms. The first-order valence-electron chi connectivity index (χ1n) is 15.8. The summed E-state index contributed by atoms with van der Waals surface area (Å²) < 4.78 is 12.9. The number of methoxy groups -OCH3 is 2. The Morgan fingerprint density at radius 1 is 1.07 bits per heavy atom. The average molecular weight is 627 g/mol. The van der Waals surface area contributed by atoms with Crippen molar-refractivity contribution in [3.8, 4) is 11.5 Å². The molecule has 0 bridgehead atoms. The van der Waals surface area contributed by atoms with Crippen molar-refractivity contribution in [3.05, 3.63) is 75.7 Å². The fourth-order valence-electron chi connectivity index (χ4n) is 7.50. The fraction of sp³-hybridized carbons (Fsp3) is 0.455. The van der Waals surface area contributed by atoms with Crippen molar-refractivity contribution < 1.29 is 19.2 Å². The van der Waals surface area contributed by atoms with Gasteiger partial charge < -0.3 is 24.6 Å². The number of nitrogens with zero attached hydrogens (tertiary/aromatic N) is 7. The minimum Gasteiger partial charge on any atom is -0.493 e. The molecule has 13 nitrogen and oxygen atoms in total. The molecule has 0 atom stereocenters. The van der Waals surface area contributed by atoms with Crippen molar-refractivity contribution in [1.29, 1.82) is 0 Å². The highest BCUT2D eigenvalue weighted by atomic mass is 16.6. The number of hydrogen-bond donors (Lipinski definition) is 1. The van der Waals surface area contributed by atoms with E-state index in [4.69, 9.17) is 9.47 Å². The van der Waals surface area contributed by atoms with Crippen LogP contribution in [0.2, 0.25) is 0 Å². The molecular weight excluding hydrogens is 588 g/mol. The number of carbonyl (C=O) groups is 1. The van der Waals surface area contributed by atoms with Crippen molar-refractivity contribution in [2.24, 2.45) is 5.92 Å². The lowest BCUT2D eigenvalue weighted by Crippen LogP contribution is -2.53. The van der Waals surface area contributed by atoms with Gasteiger partial charge in [0.25, 0.3) is 5.69 Å². The van der Waals surface area contributed by atoms with Crippen LogP contribution in [0.5, 0.6) is 11.5 Å². The molecule has 1 aliphatic carbocycles. The molecule has 1 N–H and O–H groups in total. The monoisotopic (exact) mass is 626 g/mol. The lowest BCUT2D eigenvalue weighted by Gasteiger charge is -2.46. The highest BCUT2D eigenvalue weighted by molar-refractivity contribution is 5.87. The van der Waals surface area contributed by atoms with Gasteiger partial charge in [0.1, 0.15) is 12.1 Å². The molecule has 3 aliphatic rings. The maximum absolute atomic E-state index is 13.7. The van der Waals surface area contributed by atoms with Crippen LogP contribution in [0.3, 0.4) is 0 Å². The molecule has 1 saturated heterocycles. The topological polar surface area (TPSA) is 141 Å². The SMILES string of the molecule is COc1cc2c(cc1OC)[C@]1(CC[C@H](C(=O)N3CCN(c4ncnc5c4cnn5Cc4cccc([N+](=O)[O-])c4)CC3)CC1)NCC2. The van der Waals surface area contributed by atoms with Gasteiger partial charge in [0.2, 0.25) is 5.91 Å². The lowest BCUT2D eigenvalue weighted by atomic mass is 9.69. The maximum atomic E-state index is 13.7. The third kappa shape index (κ3) is 5.38. The molecule has 1 spiro atoms. The van der Waals surface area contributed by atoms with Crippen LogP contribution in [0.25, 0.3) is 11.0 Å². The molecule has 2 aliphatic heterocycles. The van der Waals surface area contributed by atoms with Crippen molar-refractivity contribution in [3.63, 3.8) is 0 Å². The summed E-state index contributed by atoms with van der Waals surface area (Å²) in [4.78, 5) is 37.8. The summed E-state index contributed by atoms with van der Waals surface area (Å²) in [6.07, 6.45) is 7.73. The van der Waals surface area contributed by atoms with Gasteiger partial charge in [-0.25, -0.2) is 14.6 Å². The first kappa shape index (κ1) is 29.9. The number of fused-ring (bicyclic) bond motifs is 3. The van der Waals surface area contributed by atoms with Gasteiger partial charge in [0.05, 0.1) is 37.3 Å². The Morgan fingerprint density at radius 3 is 2.57 bits per heavy atom. The van der Waals surface area contributed by atoms with E-state index in [2.05, 4.69) is 37.4 Å². The zero-order valence-corrected chi connectivity index (χ0v) is 26.1. The van der Waals surface area contributed by atoms with Crippen LogP contribution in [0.15, 0.2) is 48.9 Å². The van der Waals surface area contributed by atoms with Gasteiger partial charge in [-0.05, 0) is 60.9 Å². The standard InChI is InChI=1S/C33H38N8O5/c1-45-28-17-24-8-11-36-33(27(24)18-29(28)46-2)9-6-23(7-10-33)32(42)39-14-12-38(13-15-39)30-26-19-37-40(31(26)35-21-34-30)20-22-4-3-5-25(16-22)41(43)44/h3-5,16-19,21,23,36H,6-15,20H2,1-2H3/t23-,33+. The minimum atomic E-state index is -0.400. The number of piperazine rings is 1. The van der Waals surface area contributed by atoms with E-state index in [-0.39, 0.29) is 23.1 Å². The molecule has 2 aromatic heterocycles. The predicted molar refractivity (Wildman–Crippen MR) is 171 cm³/mol. The third-order valence-electron chi connectivity index (χ3n) is 9.93. The second-order valence-corrected chi connectivity index (χ2v) is 12.4. The molecule has 2 fully saturated rings. The van der Waals surface area contributed by atoms with Crippen molar-refractivity contribution >= 4 is 28.4 Å². The number of non-ortho nitro benzene ring substituents is 1. The molecule has 0 unspecified atom stereocenters. The van der Waals surface area contributed by atoms with Crippen molar-refractivity contribution in [2.45, 2.75) is 44.2 Å². The highest BCUT2D eigenvalue weighted by Crippen LogP contribution is 2.46. The van der Waals surface area contributed by atoms with Gasteiger partial charge in [-0.2, -0.15) is 5.10 Å². The predicted octanol–water partition coefficient (Wildman–Crippen LogP) is 3.68. The largest absolute Gasteiger partial charge is 0.493 e.